The van der Waals surface area contributed by atoms with Crippen LogP contribution in [0.3, 0.4) is 0 Å². The maximum absolute atomic E-state index is 5.84. The van der Waals surface area contributed by atoms with Crippen LogP contribution in [0.4, 0.5) is 0 Å². The molecule has 18 heavy (non-hydrogen) atoms. The van der Waals surface area contributed by atoms with E-state index < -0.39 is 0 Å². The Kier molecular flexibility index (Phi) is 7.20. The summed E-state index contributed by atoms with van der Waals surface area (Å²) >= 11 is 0. The lowest BCUT2D eigenvalue weighted by molar-refractivity contribution is 0.0329. The van der Waals surface area contributed by atoms with E-state index in [0.717, 1.165) is 26.2 Å². The van der Waals surface area contributed by atoms with Crippen molar-refractivity contribution in [2.45, 2.75) is 64.0 Å². The van der Waals surface area contributed by atoms with Crippen LogP contribution in [0.5, 0.6) is 0 Å². The van der Waals surface area contributed by atoms with Crippen LogP contribution in [0.15, 0.2) is 0 Å². The van der Waals surface area contributed by atoms with Crippen LogP contribution in [-0.4, -0.2) is 50.3 Å². The summed E-state index contributed by atoms with van der Waals surface area (Å²) in [6.07, 6.45) is 7.61. The zero-order chi connectivity index (χ0) is 13.4. The molecular weight excluding hydrogens is 224 g/mol. The molecule has 1 rings (SSSR count). The van der Waals surface area contributed by atoms with Crippen LogP contribution in [-0.2, 0) is 4.74 Å². The maximum Gasteiger partial charge on any atom is 0.0637 e. The van der Waals surface area contributed by atoms with Crippen molar-refractivity contribution >= 4 is 0 Å². The number of rotatable bonds is 9. The van der Waals surface area contributed by atoms with Gasteiger partial charge in [-0.3, -0.25) is 0 Å². The molecule has 108 valence electrons. The fourth-order valence-corrected chi connectivity index (χ4v) is 3.16. The number of nitrogens with zero attached hydrogens (tertiary/aromatic N) is 1. The Bertz CT molecular complexity index is 213. The molecule has 0 aromatic heterocycles. The first-order valence-electron chi connectivity index (χ1n) is 7.66. The highest BCUT2D eigenvalue weighted by Crippen LogP contribution is 2.36. The van der Waals surface area contributed by atoms with Crippen LogP contribution in [0.25, 0.3) is 0 Å². The molecule has 0 heterocycles. The normalized spacial score (nSPS) is 20.5. The molecule has 0 saturated heterocycles. The van der Waals surface area contributed by atoms with Gasteiger partial charge in [-0.25, -0.2) is 0 Å². The van der Waals surface area contributed by atoms with Gasteiger partial charge >= 0.3 is 0 Å². The zero-order valence-corrected chi connectivity index (χ0v) is 12.8. The summed E-state index contributed by atoms with van der Waals surface area (Å²) in [6, 6.07) is 0.474. The number of likely N-dealkylation sites (N-methyl/N-ethyl adjacent to an activating group) is 1. The molecule has 1 atom stereocenters. The van der Waals surface area contributed by atoms with Gasteiger partial charge in [0.05, 0.1) is 6.61 Å². The summed E-state index contributed by atoms with van der Waals surface area (Å²) in [5.74, 6) is 0. The average Bonchev–Trinajstić information content (AvgIpc) is 2.84. The van der Waals surface area contributed by atoms with E-state index in [2.05, 4.69) is 38.2 Å². The van der Waals surface area contributed by atoms with E-state index >= 15 is 0 Å². The second-order valence-electron chi connectivity index (χ2n) is 5.79. The van der Waals surface area contributed by atoms with Crippen LogP contribution in [0.2, 0.25) is 0 Å². The maximum atomic E-state index is 5.84. The van der Waals surface area contributed by atoms with Crippen molar-refractivity contribution in [1.82, 2.24) is 10.2 Å². The van der Waals surface area contributed by atoms with Crippen LogP contribution in [0.1, 0.15) is 52.4 Å². The first kappa shape index (κ1) is 15.9. The standard InChI is InChI=1S/C15H32N2O/c1-5-11-16-14(13-18-12-6-2)15(17(3)4)9-7-8-10-15/h14,16H,5-13H2,1-4H3. The highest BCUT2D eigenvalue weighted by molar-refractivity contribution is 5.02. The fraction of sp³-hybridized carbons (Fsp3) is 1.00. The highest BCUT2D eigenvalue weighted by atomic mass is 16.5. The van der Waals surface area contributed by atoms with Gasteiger partial charge in [-0.2, -0.15) is 0 Å². The van der Waals surface area contributed by atoms with E-state index in [1.54, 1.807) is 0 Å². The lowest BCUT2D eigenvalue weighted by Crippen LogP contribution is -2.59. The number of hydrogen-bond acceptors (Lipinski definition) is 3. The van der Waals surface area contributed by atoms with Gasteiger partial charge in [0.25, 0.3) is 0 Å². The average molecular weight is 256 g/mol. The summed E-state index contributed by atoms with van der Waals surface area (Å²) in [4.78, 5) is 2.43. The van der Waals surface area contributed by atoms with Crippen molar-refractivity contribution < 1.29 is 4.74 Å². The van der Waals surface area contributed by atoms with Gasteiger partial charge in [0.1, 0.15) is 0 Å². The van der Waals surface area contributed by atoms with Crippen molar-refractivity contribution in [3.63, 3.8) is 0 Å². The van der Waals surface area contributed by atoms with E-state index in [-0.39, 0.29) is 0 Å². The first-order chi connectivity index (χ1) is 8.67. The lowest BCUT2D eigenvalue weighted by atomic mass is 9.87. The molecule has 0 spiro atoms. The molecular formula is C15H32N2O. The van der Waals surface area contributed by atoms with Gasteiger partial charge < -0.3 is 15.0 Å². The van der Waals surface area contributed by atoms with Crippen molar-refractivity contribution in [3.8, 4) is 0 Å². The molecule has 3 nitrogen and oxygen atoms in total. The van der Waals surface area contributed by atoms with Crippen molar-refractivity contribution in [1.29, 1.82) is 0 Å². The number of hydrogen-bond donors (Lipinski definition) is 1. The summed E-state index contributed by atoms with van der Waals surface area (Å²) in [7, 11) is 4.46. The molecule has 1 saturated carbocycles. The molecule has 1 unspecified atom stereocenters. The molecule has 1 N–H and O–H groups in total. The lowest BCUT2D eigenvalue weighted by Gasteiger charge is -2.43. The molecule has 1 aliphatic rings. The summed E-state index contributed by atoms with van der Waals surface area (Å²) in [5, 5.41) is 3.73. The Hall–Kier alpha value is -0.120. The fourth-order valence-electron chi connectivity index (χ4n) is 3.16. The molecule has 1 aliphatic carbocycles. The number of ether oxygens (including phenoxy) is 1. The molecule has 0 radical (unpaired) electrons. The highest BCUT2D eigenvalue weighted by Gasteiger charge is 2.42. The van der Waals surface area contributed by atoms with Crippen molar-refractivity contribution in [2.24, 2.45) is 0 Å². The van der Waals surface area contributed by atoms with E-state index in [4.69, 9.17) is 4.74 Å². The van der Waals surface area contributed by atoms with Gasteiger partial charge in [0, 0.05) is 18.2 Å². The largest absolute Gasteiger partial charge is 0.380 e. The van der Waals surface area contributed by atoms with Crippen molar-refractivity contribution in [3.05, 3.63) is 0 Å². The minimum Gasteiger partial charge on any atom is -0.380 e. The van der Waals surface area contributed by atoms with Gasteiger partial charge in [0.2, 0.25) is 0 Å². The molecule has 0 aliphatic heterocycles. The Morgan fingerprint density at radius 1 is 1.17 bits per heavy atom. The van der Waals surface area contributed by atoms with Crippen LogP contribution < -0.4 is 5.32 Å². The third-order valence-corrected chi connectivity index (χ3v) is 4.28. The Balaban J connectivity index is 2.64. The van der Waals surface area contributed by atoms with Crippen molar-refractivity contribution in [2.75, 3.05) is 33.9 Å². The molecule has 0 amide bonds. The predicted octanol–water partition coefficient (Wildman–Crippen LogP) is 2.66. The van der Waals surface area contributed by atoms with E-state index in [1.807, 2.05) is 0 Å². The topological polar surface area (TPSA) is 24.5 Å². The molecule has 3 heteroatoms. The van der Waals surface area contributed by atoms with Gasteiger partial charge in [-0.1, -0.05) is 26.7 Å². The Labute approximate surface area is 113 Å². The minimum absolute atomic E-state index is 0.308. The quantitative estimate of drug-likeness (QED) is 0.642. The SMILES string of the molecule is CCCNC(COCCC)C1(N(C)C)CCCC1. The summed E-state index contributed by atoms with van der Waals surface area (Å²) < 4.78 is 5.84. The van der Waals surface area contributed by atoms with Crippen LogP contribution in [0, 0.1) is 0 Å². The predicted molar refractivity (Wildman–Crippen MR) is 78.1 cm³/mol. The molecule has 0 aromatic carbocycles. The van der Waals surface area contributed by atoms with E-state index in [1.165, 1.54) is 32.1 Å². The third-order valence-electron chi connectivity index (χ3n) is 4.28. The Morgan fingerprint density at radius 2 is 1.83 bits per heavy atom. The second kappa shape index (κ2) is 8.13. The zero-order valence-electron chi connectivity index (χ0n) is 12.8. The minimum atomic E-state index is 0.308. The third kappa shape index (κ3) is 3.94. The molecule has 0 bridgehead atoms. The van der Waals surface area contributed by atoms with Gasteiger partial charge in [0.15, 0.2) is 0 Å². The van der Waals surface area contributed by atoms with E-state index in [0.29, 0.717) is 11.6 Å². The molecule has 1 fully saturated rings. The van der Waals surface area contributed by atoms with Gasteiger partial charge in [-0.05, 0) is 46.3 Å². The summed E-state index contributed by atoms with van der Waals surface area (Å²) in [6.45, 7) is 7.23. The molecule has 0 aromatic rings. The van der Waals surface area contributed by atoms with E-state index in [9.17, 15) is 0 Å². The monoisotopic (exact) mass is 256 g/mol. The smallest absolute Gasteiger partial charge is 0.0637 e. The van der Waals surface area contributed by atoms with Gasteiger partial charge in [-0.15, -0.1) is 0 Å². The number of nitrogens with one attached hydrogen (secondary N) is 1. The Morgan fingerprint density at radius 3 is 2.33 bits per heavy atom. The summed E-state index contributed by atoms with van der Waals surface area (Å²) in [5.41, 5.74) is 0.308. The van der Waals surface area contributed by atoms with Crippen LogP contribution >= 0.6 is 0 Å². The first-order valence-corrected chi connectivity index (χ1v) is 7.66. The second-order valence-corrected chi connectivity index (χ2v) is 5.79.